The van der Waals surface area contributed by atoms with Crippen molar-refractivity contribution >= 4 is 11.9 Å². The van der Waals surface area contributed by atoms with Gasteiger partial charge in [0.1, 0.15) is 5.75 Å². The number of aliphatic imine (C=N–C) groups is 1. The average Bonchev–Trinajstić information content (AvgIpc) is 2.47. The number of nitrogens with zero attached hydrogens (tertiary/aromatic N) is 1. The number of aliphatic hydroxyl groups is 1. The van der Waals surface area contributed by atoms with Crippen LogP contribution in [0.25, 0.3) is 0 Å². The Morgan fingerprint density at radius 1 is 1.05 bits per heavy atom. The van der Waals surface area contributed by atoms with Crippen LogP contribution in [-0.2, 0) is 6.42 Å². The molecule has 1 N–H and O–H groups in total. The normalized spacial score (nSPS) is 10.8. The molecule has 2 aromatic rings. The molecule has 0 spiro atoms. The Labute approximate surface area is 113 Å². The Morgan fingerprint density at radius 3 is 2.32 bits per heavy atom. The van der Waals surface area contributed by atoms with Crippen LogP contribution >= 0.6 is 0 Å². The van der Waals surface area contributed by atoms with Gasteiger partial charge in [-0.3, -0.25) is 4.99 Å². The van der Waals surface area contributed by atoms with Gasteiger partial charge in [0, 0.05) is 12.8 Å². The van der Waals surface area contributed by atoms with Crippen LogP contribution in [-0.4, -0.2) is 25.0 Å². The van der Waals surface area contributed by atoms with Crippen LogP contribution < -0.4 is 4.74 Å². The molecule has 0 aromatic heterocycles. The van der Waals surface area contributed by atoms with E-state index in [-0.39, 0.29) is 6.61 Å². The van der Waals surface area contributed by atoms with Crippen molar-refractivity contribution in [3.05, 3.63) is 59.7 Å². The largest absolute Gasteiger partial charge is 0.497 e. The van der Waals surface area contributed by atoms with Gasteiger partial charge in [-0.15, -0.1) is 0 Å². The lowest BCUT2D eigenvalue weighted by Crippen LogP contribution is -1.88. The molecule has 0 unspecified atom stereocenters. The molecule has 0 bridgehead atoms. The lowest BCUT2D eigenvalue weighted by atomic mass is 10.1. The highest BCUT2D eigenvalue weighted by molar-refractivity contribution is 5.82. The third-order valence-electron chi connectivity index (χ3n) is 2.82. The molecular formula is C16H17NO2. The highest BCUT2D eigenvalue weighted by Crippen LogP contribution is 2.14. The average molecular weight is 255 g/mol. The first kappa shape index (κ1) is 13.3. The third-order valence-corrected chi connectivity index (χ3v) is 2.82. The lowest BCUT2D eigenvalue weighted by molar-refractivity contribution is 0.299. The summed E-state index contributed by atoms with van der Waals surface area (Å²) >= 11 is 0. The summed E-state index contributed by atoms with van der Waals surface area (Å²) in [5.74, 6) is 0.838. The SMILES string of the molecule is COc1ccc(C=Nc2ccc(CCO)cc2)cc1. The molecule has 0 fully saturated rings. The molecule has 2 aromatic carbocycles. The molecule has 0 aliphatic heterocycles. The van der Waals surface area contributed by atoms with E-state index in [0.29, 0.717) is 6.42 Å². The van der Waals surface area contributed by atoms with Gasteiger partial charge in [-0.2, -0.15) is 0 Å². The summed E-state index contributed by atoms with van der Waals surface area (Å²) in [6.07, 6.45) is 2.50. The second-order valence-corrected chi connectivity index (χ2v) is 4.17. The lowest BCUT2D eigenvalue weighted by Gasteiger charge is -2.00. The standard InChI is InChI=1S/C16H17NO2/c1-19-16-8-4-14(5-9-16)12-17-15-6-2-13(3-7-15)10-11-18/h2-9,12,18H,10-11H2,1H3. The van der Waals surface area contributed by atoms with E-state index in [1.54, 1.807) is 7.11 Å². The number of hydrogen-bond donors (Lipinski definition) is 1. The van der Waals surface area contributed by atoms with Crippen molar-refractivity contribution < 1.29 is 9.84 Å². The molecule has 0 heterocycles. The number of hydrogen-bond acceptors (Lipinski definition) is 3. The molecule has 2 rings (SSSR count). The van der Waals surface area contributed by atoms with E-state index < -0.39 is 0 Å². The maximum atomic E-state index is 8.84. The van der Waals surface area contributed by atoms with Crippen LogP contribution in [0.2, 0.25) is 0 Å². The summed E-state index contributed by atoms with van der Waals surface area (Å²) in [5, 5.41) is 8.84. The van der Waals surface area contributed by atoms with Crippen molar-refractivity contribution in [2.75, 3.05) is 13.7 Å². The molecule has 3 nitrogen and oxygen atoms in total. The fraction of sp³-hybridized carbons (Fsp3) is 0.188. The molecule has 19 heavy (non-hydrogen) atoms. The highest BCUT2D eigenvalue weighted by Gasteiger charge is 1.93. The molecule has 3 heteroatoms. The quantitative estimate of drug-likeness (QED) is 0.834. The van der Waals surface area contributed by atoms with Crippen LogP contribution in [0.3, 0.4) is 0 Å². The summed E-state index contributed by atoms with van der Waals surface area (Å²) in [7, 11) is 1.65. The Hall–Kier alpha value is -2.13. The minimum atomic E-state index is 0.175. The van der Waals surface area contributed by atoms with Crippen molar-refractivity contribution in [3.8, 4) is 5.75 Å². The molecule has 0 aliphatic rings. The Morgan fingerprint density at radius 2 is 1.74 bits per heavy atom. The molecular weight excluding hydrogens is 238 g/mol. The molecule has 0 radical (unpaired) electrons. The van der Waals surface area contributed by atoms with Crippen LogP contribution in [0.1, 0.15) is 11.1 Å². The van der Waals surface area contributed by atoms with Crippen LogP contribution in [0.15, 0.2) is 53.5 Å². The maximum Gasteiger partial charge on any atom is 0.118 e. The highest BCUT2D eigenvalue weighted by atomic mass is 16.5. The van der Waals surface area contributed by atoms with Gasteiger partial charge in [-0.05, 0) is 53.9 Å². The van der Waals surface area contributed by atoms with Gasteiger partial charge >= 0.3 is 0 Å². The predicted octanol–water partition coefficient (Wildman–Crippen LogP) is 2.98. The Kier molecular flexibility index (Phi) is 4.70. The summed E-state index contributed by atoms with van der Waals surface area (Å²) < 4.78 is 5.10. The number of benzene rings is 2. The molecule has 0 amide bonds. The first-order chi connectivity index (χ1) is 9.31. The van der Waals surface area contributed by atoms with Crippen molar-refractivity contribution in [2.45, 2.75) is 6.42 Å². The monoisotopic (exact) mass is 255 g/mol. The minimum absolute atomic E-state index is 0.175. The van der Waals surface area contributed by atoms with Crippen molar-refractivity contribution in [1.29, 1.82) is 0 Å². The third kappa shape index (κ3) is 3.93. The van der Waals surface area contributed by atoms with Gasteiger partial charge in [-0.25, -0.2) is 0 Å². The molecule has 0 saturated carbocycles. The van der Waals surface area contributed by atoms with Crippen molar-refractivity contribution in [3.63, 3.8) is 0 Å². The van der Waals surface area contributed by atoms with Crippen LogP contribution in [0, 0.1) is 0 Å². The first-order valence-electron chi connectivity index (χ1n) is 6.20. The Balaban J connectivity index is 2.04. The van der Waals surface area contributed by atoms with E-state index in [0.717, 1.165) is 22.6 Å². The summed E-state index contributed by atoms with van der Waals surface area (Å²) in [4.78, 5) is 4.40. The van der Waals surface area contributed by atoms with Gasteiger partial charge in [-0.1, -0.05) is 12.1 Å². The van der Waals surface area contributed by atoms with Crippen LogP contribution in [0.4, 0.5) is 5.69 Å². The van der Waals surface area contributed by atoms with E-state index in [1.807, 2.05) is 54.7 Å². The minimum Gasteiger partial charge on any atom is -0.497 e. The van der Waals surface area contributed by atoms with Gasteiger partial charge in [0.25, 0.3) is 0 Å². The first-order valence-corrected chi connectivity index (χ1v) is 6.20. The summed E-state index contributed by atoms with van der Waals surface area (Å²) in [5.41, 5.74) is 3.05. The predicted molar refractivity (Wildman–Crippen MR) is 77.5 cm³/mol. The second kappa shape index (κ2) is 6.71. The smallest absolute Gasteiger partial charge is 0.118 e. The zero-order valence-electron chi connectivity index (χ0n) is 10.9. The van der Waals surface area contributed by atoms with Gasteiger partial charge < -0.3 is 9.84 Å². The van der Waals surface area contributed by atoms with Gasteiger partial charge in [0.15, 0.2) is 0 Å². The molecule has 0 saturated heterocycles. The van der Waals surface area contributed by atoms with Gasteiger partial charge in [0.2, 0.25) is 0 Å². The number of rotatable bonds is 5. The van der Waals surface area contributed by atoms with Crippen molar-refractivity contribution in [2.24, 2.45) is 4.99 Å². The number of methoxy groups -OCH3 is 1. The maximum absolute atomic E-state index is 8.84. The van der Waals surface area contributed by atoms with E-state index in [2.05, 4.69) is 4.99 Å². The number of ether oxygens (including phenoxy) is 1. The fourth-order valence-electron chi connectivity index (χ4n) is 1.72. The topological polar surface area (TPSA) is 41.8 Å². The van der Waals surface area contributed by atoms with Crippen LogP contribution in [0.5, 0.6) is 5.75 Å². The zero-order chi connectivity index (χ0) is 13.5. The fourth-order valence-corrected chi connectivity index (χ4v) is 1.72. The Bertz CT molecular complexity index is 530. The summed E-state index contributed by atoms with van der Waals surface area (Å²) in [6.45, 7) is 0.175. The second-order valence-electron chi connectivity index (χ2n) is 4.17. The number of aliphatic hydroxyl groups excluding tert-OH is 1. The molecule has 0 aliphatic carbocycles. The zero-order valence-corrected chi connectivity index (χ0v) is 10.9. The van der Waals surface area contributed by atoms with Crippen molar-refractivity contribution in [1.82, 2.24) is 0 Å². The summed E-state index contributed by atoms with van der Waals surface area (Å²) in [6, 6.07) is 15.6. The molecule has 98 valence electrons. The van der Waals surface area contributed by atoms with E-state index in [9.17, 15) is 0 Å². The van der Waals surface area contributed by atoms with E-state index in [4.69, 9.17) is 9.84 Å². The van der Waals surface area contributed by atoms with E-state index in [1.165, 1.54) is 0 Å². The molecule has 0 atom stereocenters. The van der Waals surface area contributed by atoms with Gasteiger partial charge in [0.05, 0.1) is 12.8 Å². The van der Waals surface area contributed by atoms with E-state index >= 15 is 0 Å².